The molecule has 1 aliphatic rings. The van der Waals surface area contributed by atoms with Gasteiger partial charge < -0.3 is 24.6 Å². The second-order valence-electron chi connectivity index (χ2n) is 5.77. The van der Waals surface area contributed by atoms with E-state index in [9.17, 15) is 9.59 Å². The Kier molecular flexibility index (Phi) is 5.81. The topological polar surface area (TPSA) is 83.8 Å². The molecule has 1 saturated heterocycles. The Balaban J connectivity index is 0.000000198. The second kappa shape index (κ2) is 7.83. The molecule has 1 amide bonds. The molecular formula is C17H23N3O4. The van der Waals surface area contributed by atoms with Crippen LogP contribution in [0.5, 0.6) is 5.75 Å². The number of methoxy groups -OCH3 is 1. The number of aromatic carboxylic acids is 1. The molecule has 3 rings (SSSR count). The van der Waals surface area contributed by atoms with Crippen molar-refractivity contribution in [2.45, 2.75) is 13.0 Å². The van der Waals surface area contributed by atoms with Gasteiger partial charge in [0.15, 0.2) is 0 Å². The number of benzene rings is 1. The number of carbonyl (C=O) groups excluding carboxylic acids is 1. The lowest BCUT2D eigenvalue weighted by Gasteiger charge is -2.28. The van der Waals surface area contributed by atoms with E-state index in [-0.39, 0.29) is 5.69 Å². The SMILES string of the molecule is CC1CN(C=O)CCN1.COc1ccc2cc(C(=O)O)n(C)c2c1. The highest BCUT2D eigenvalue weighted by Gasteiger charge is 2.12. The fourth-order valence-electron chi connectivity index (χ4n) is 2.70. The third kappa shape index (κ3) is 4.05. The molecule has 0 radical (unpaired) electrons. The third-order valence-corrected chi connectivity index (χ3v) is 4.02. The van der Waals surface area contributed by atoms with Gasteiger partial charge in [0.25, 0.3) is 0 Å². The van der Waals surface area contributed by atoms with E-state index in [1.807, 2.05) is 18.2 Å². The third-order valence-electron chi connectivity index (χ3n) is 4.02. The quantitative estimate of drug-likeness (QED) is 0.828. The number of rotatable bonds is 3. The number of carbonyl (C=O) groups is 2. The molecule has 1 atom stereocenters. The van der Waals surface area contributed by atoms with Crippen molar-refractivity contribution in [3.05, 3.63) is 30.0 Å². The van der Waals surface area contributed by atoms with E-state index in [0.717, 1.165) is 42.7 Å². The standard InChI is InChI=1S/C11H11NO3.C6H12N2O/c1-12-9-6-8(15-2)4-3-7(9)5-10(12)11(13)14;1-6-4-8(5-9)3-2-7-6/h3-6H,1-2H3,(H,13,14);5-7H,2-4H2,1H3. The van der Waals surface area contributed by atoms with Crippen LogP contribution in [0, 0.1) is 0 Å². The van der Waals surface area contributed by atoms with Gasteiger partial charge in [-0.2, -0.15) is 0 Å². The molecule has 24 heavy (non-hydrogen) atoms. The van der Waals surface area contributed by atoms with Gasteiger partial charge in [0.1, 0.15) is 11.4 Å². The summed E-state index contributed by atoms with van der Waals surface area (Å²) in [5, 5.41) is 13.1. The van der Waals surface area contributed by atoms with Crippen molar-refractivity contribution in [1.82, 2.24) is 14.8 Å². The fraction of sp³-hybridized carbons (Fsp3) is 0.412. The summed E-state index contributed by atoms with van der Waals surface area (Å²) in [7, 11) is 3.31. The first-order valence-corrected chi connectivity index (χ1v) is 7.75. The zero-order valence-corrected chi connectivity index (χ0v) is 14.2. The van der Waals surface area contributed by atoms with Crippen LogP contribution in [-0.4, -0.2) is 59.7 Å². The Morgan fingerprint density at radius 2 is 2.17 bits per heavy atom. The summed E-state index contributed by atoms with van der Waals surface area (Å²) in [5.74, 6) is -0.201. The van der Waals surface area contributed by atoms with Crippen molar-refractivity contribution in [1.29, 1.82) is 0 Å². The summed E-state index contributed by atoms with van der Waals surface area (Å²) in [6, 6.07) is 7.59. The molecule has 1 aromatic heterocycles. The number of hydrogen-bond donors (Lipinski definition) is 2. The maximum absolute atomic E-state index is 10.9. The summed E-state index contributed by atoms with van der Waals surface area (Å²) < 4.78 is 6.73. The highest BCUT2D eigenvalue weighted by Crippen LogP contribution is 2.23. The summed E-state index contributed by atoms with van der Waals surface area (Å²) in [5.41, 5.74) is 1.13. The molecule has 0 aliphatic carbocycles. The number of carboxylic acid groups (broad SMARTS) is 1. The van der Waals surface area contributed by atoms with E-state index < -0.39 is 5.97 Å². The fourth-order valence-corrected chi connectivity index (χ4v) is 2.70. The molecule has 2 aromatic rings. The van der Waals surface area contributed by atoms with Crippen LogP contribution in [0.2, 0.25) is 0 Å². The molecule has 0 saturated carbocycles. The van der Waals surface area contributed by atoms with E-state index >= 15 is 0 Å². The Bertz CT molecular complexity index is 726. The predicted octanol–water partition coefficient (Wildman–Crippen LogP) is 1.32. The number of nitrogens with zero attached hydrogens (tertiary/aromatic N) is 2. The number of piperazine rings is 1. The van der Waals surface area contributed by atoms with Gasteiger partial charge in [-0.25, -0.2) is 4.79 Å². The van der Waals surface area contributed by atoms with Gasteiger partial charge in [-0.05, 0) is 25.1 Å². The Morgan fingerprint density at radius 3 is 2.71 bits per heavy atom. The van der Waals surface area contributed by atoms with Crippen molar-refractivity contribution in [2.24, 2.45) is 7.05 Å². The summed E-state index contributed by atoms with van der Waals surface area (Å²) >= 11 is 0. The smallest absolute Gasteiger partial charge is 0.352 e. The number of hydrogen-bond acceptors (Lipinski definition) is 4. The minimum atomic E-state index is -0.923. The molecule has 1 aromatic carbocycles. The minimum Gasteiger partial charge on any atom is -0.497 e. The average Bonchev–Trinajstić information content (AvgIpc) is 2.92. The van der Waals surface area contributed by atoms with E-state index in [1.165, 1.54) is 0 Å². The molecule has 1 unspecified atom stereocenters. The van der Waals surface area contributed by atoms with Crippen LogP contribution in [0.25, 0.3) is 10.9 Å². The Morgan fingerprint density at radius 1 is 1.42 bits per heavy atom. The molecule has 1 aliphatic heterocycles. The Labute approximate surface area is 140 Å². The van der Waals surface area contributed by atoms with E-state index in [0.29, 0.717) is 6.04 Å². The molecule has 2 N–H and O–H groups in total. The number of aryl methyl sites for hydroxylation is 1. The molecule has 7 heteroatoms. The number of ether oxygens (including phenoxy) is 1. The van der Waals surface area contributed by atoms with Crippen molar-refractivity contribution < 1.29 is 19.4 Å². The number of amides is 1. The number of fused-ring (bicyclic) bond motifs is 1. The monoisotopic (exact) mass is 333 g/mol. The van der Waals surface area contributed by atoms with Gasteiger partial charge >= 0.3 is 5.97 Å². The first-order valence-electron chi connectivity index (χ1n) is 7.75. The largest absolute Gasteiger partial charge is 0.497 e. The van der Waals surface area contributed by atoms with Crippen LogP contribution in [0.4, 0.5) is 0 Å². The maximum atomic E-state index is 10.9. The molecule has 0 spiro atoms. The molecular weight excluding hydrogens is 310 g/mol. The van der Waals surface area contributed by atoms with Gasteiger partial charge in [-0.1, -0.05) is 0 Å². The lowest BCUT2D eigenvalue weighted by molar-refractivity contribution is -0.119. The van der Waals surface area contributed by atoms with E-state index in [1.54, 1.807) is 29.7 Å². The van der Waals surface area contributed by atoms with Crippen LogP contribution >= 0.6 is 0 Å². The number of carboxylic acids is 1. The van der Waals surface area contributed by atoms with Crippen LogP contribution in [-0.2, 0) is 11.8 Å². The van der Waals surface area contributed by atoms with Gasteiger partial charge in [0.2, 0.25) is 6.41 Å². The zero-order valence-electron chi connectivity index (χ0n) is 14.2. The van der Waals surface area contributed by atoms with Gasteiger partial charge in [0.05, 0.1) is 12.6 Å². The first-order chi connectivity index (χ1) is 11.5. The van der Waals surface area contributed by atoms with Crippen LogP contribution < -0.4 is 10.1 Å². The summed E-state index contributed by atoms with van der Waals surface area (Å²) in [6.07, 6.45) is 0.914. The lowest BCUT2D eigenvalue weighted by Crippen LogP contribution is -2.48. The van der Waals surface area contributed by atoms with E-state index in [2.05, 4.69) is 12.2 Å². The lowest BCUT2D eigenvalue weighted by atomic mass is 10.2. The van der Waals surface area contributed by atoms with Gasteiger partial charge in [-0.15, -0.1) is 0 Å². The van der Waals surface area contributed by atoms with Gasteiger partial charge in [-0.3, -0.25) is 4.79 Å². The Hall–Kier alpha value is -2.54. The molecule has 130 valence electrons. The molecule has 2 heterocycles. The average molecular weight is 333 g/mol. The zero-order chi connectivity index (χ0) is 17.7. The summed E-state index contributed by atoms with van der Waals surface area (Å²) in [4.78, 5) is 22.9. The highest BCUT2D eigenvalue weighted by molar-refractivity contribution is 5.94. The molecule has 1 fully saturated rings. The van der Waals surface area contributed by atoms with Crippen LogP contribution in [0.1, 0.15) is 17.4 Å². The minimum absolute atomic E-state index is 0.276. The highest BCUT2D eigenvalue weighted by atomic mass is 16.5. The van der Waals surface area contributed by atoms with E-state index in [4.69, 9.17) is 9.84 Å². The summed E-state index contributed by atoms with van der Waals surface area (Å²) in [6.45, 7) is 4.72. The first kappa shape index (κ1) is 17.8. The number of aromatic nitrogens is 1. The molecule has 0 bridgehead atoms. The predicted molar refractivity (Wildman–Crippen MR) is 91.5 cm³/mol. The maximum Gasteiger partial charge on any atom is 0.352 e. The van der Waals surface area contributed by atoms with Crippen molar-refractivity contribution >= 4 is 23.3 Å². The van der Waals surface area contributed by atoms with Crippen molar-refractivity contribution in [2.75, 3.05) is 26.7 Å². The normalized spacial score (nSPS) is 17.1. The van der Waals surface area contributed by atoms with Gasteiger partial charge in [0, 0.05) is 44.2 Å². The second-order valence-corrected chi connectivity index (χ2v) is 5.77. The van der Waals surface area contributed by atoms with Crippen LogP contribution in [0.15, 0.2) is 24.3 Å². The van der Waals surface area contributed by atoms with Crippen LogP contribution in [0.3, 0.4) is 0 Å². The number of nitrogens with one attached hydrogen (secondary N) is 1. The molecule has 7 nitrogen and oxygen atoms in total. The van der Waals surface area contributed by atoms with Crippen molar-refractivity contribution in [3.8, 4) is 5.75 Å². The van der Waals surface area contributed by atoms with Crippen molar-refractivity contribution in [3.63, 3.8) is 0 Å².